The Morgan fingerprint density at radius 2 is 1.84 bits per heavy atom. The summed E-state index contributed by atoms with van der Waals surface area (Å²) in [6.07, 6.45) is -4.23. The molecular weight excluding hydrogens is 410 g/mol. The number of benzene rings is 2. The van der Waals surface area contributed by atoms with Crippen LogP contribution in [0.2, 0.25) is 0 Å². The maximum absolute atomic E-state index is 14.4. The van der Waals surface area contributed by atoms with E-state index in [4.69, 9.17) is 0 Å². The van der Waals surface area contributed by atoms with E-state index in [1.807, 2.05) is 23.6 Å². The molecule has 0 aliphatic carbocycles. The third-order valence-electron chi connectivity index (χ3n) is 6.00. The molecule has 2 aliphatic heterocycles. The number of hydrogen-bond acceptors (Lipinski definition) is 3. The SMILES string of the molecule is CC(C)NC(=O)C1Cc2cc(C(F)(F)F)ccc2N2CCN(c3ccccc3F)CC12. The maximum atomic E-state index is 14.4. The molecule has 0 aromatic heterocycles. The molecule has 166 valence electrons. The normalized spacial score (nSPS) is 21.0. The number of alkyl halides is 3. The van der Waals surface area contributed by atoms with Crippen molar-refractivity contribution in [1.82, 2.24) is 5.32 Å². The first-order valence-electron chi connectivity index (χ1n) is 10.4. The van der Waals surface area contributed by atoms with Crippen LogP contribution in [0.1, 0.15) is 25.0 Å². The lowest BCUT2D eigenvalue weighted by atomic mass is 9.82. The first-order chi connectivity index (χ1) is 14.6. The number of anilines is 2. The van der Waals surface area contributed by atoms with Gasteiger partial charge in [0.2, 0.25) is 5.91 Å². The highest BCUT2D eigenvalue weighted by Crippen LogP contribution is 2.40. The van der Waals surface area contributed by atoms with Crippen molar-refractivity contribution in [2.75, 3.05) is 29.4 Å². The third kappa shape index (κ3) is 4.20. The van der Waals surface area contributed by atoms with E-state index in [0.717, 1.165) is 17.8 Å². The van der Waals surface area contributed by atoms with Gasteiger partial charge in [0.1, 0.15) is 5.82 Å². The molecular formula is C23H25F4N3O. The van der Waals surface area contributed by atoms with Gasteiger partial charge in [-0.25, -0.2) is 4.39 Å². The summed E-state index contributed by atoms with van der Waals surface area (Å²) in [5, 5.41) is 2.91. The minimum Gasteiger partial charge on any atom is -0.365 e. The Bertz CT molecular complexity index is 976. The number of para-hydroxylation sites is 1. The van der Waals surface area contributed by atoms with Crippen molar-refractivity contribution in [2.24, 2.45) is 5.92 Å². The topological polar surface area (TPSA) is 35.6 Å². The van der Waals surface area contributed by atoms with Crippen LogP contribution in [0.4, 0.5) is 28.9 Å². The van der Waals surface area contributed by atoms with Crippen molar-refractivity contribution in [3.05, 3.63) is 59.4 Å². The summed E-state index contributed by atoms with van der Waals surface area (Å²) in [5.41, 5.74) is 1.01. The Morgan fingerprint density at radius 3 is 2.52 bits per heavy atom. The molecule has 4 rings (SSSR count). The molecule has 1 saturated heterocycles. The van der Waals surface area contributed by atoms with Gasteiger partial charge in [0.25, 0.3) is 0 Å². The molecule has 2 unspecified atom stereocenters. The lowest BCUT2D eigenvalue weighted by molar-refractivity contribution is -0.137. The number of fused-ring (bicyclic) bond motifs is 3. The fourth-order valence-electron chi connectivity index (χ4n) is 4.62. The van der Waals surface area contributed by atoms with E-state index in [-0.39, 0.29) is 30.2 Å². The predicted molar refractivity (Wildman–Crippen MR) is 112 cm³/mol. The number of amides is 1. The summed E-state index contributed by atoms with van der Waals surface area (Å²) in [6, 6.07) is 9.90. The largest absolute Gasteiger partial charge is 0.416 e. The number of carbonyl (C=O) groups is 1. The summed E-state index contributed by atoms with van der Waals surface area (Å²) < 4.78 is 54.2. The Kier molecular flexibility index (Phi) is 5.58. The van der Waals surface area contributed by atoms with Crippen molar-refractivity contribution in [2.45, 2.75) is 38.5 Å². The second-order valence-corrected chi connectivity index (χ2v) is 8.47. The molecule has 2 aromatic carbocycles. The number of piperazine rings is 1. The Labute approximate surface area is 178 Å². The molecule has 0 bridgehead atoms. The van der Waals surface area contributed by atoms with Crippen LogP contribution in [0.15, 0.2) is 42.5 Å². The first-order valence-corrected chi connectivity index (χ1v) is 10.4. The van der Waals surface area contributed by atoms with E-state index < -0.39 is 17.7 Å². The van der Waals surface area contributed by atoms with Crippen LogP contribution in [0.5, 0.6) is 0 Å². The quantitative estimate of drug-likeness (QED) is 0.733. The number of nitrogens with zero attached hydrogens (tertiary/aromatic N) is 2. The van der Waals surface area contributed by atoms with Gasteiger partial charge in [0.05, 0.1) is 23.2 Å². The molecule has 2 heterocycles. The van der Waals surface area contributed by atoms with Gasteiger partial charge in [0, 0.05) is 31.4 Å². The second-order valence-electron chi connectivity index (χ2n) is 8.47. The van der Waals surface area contributed by atoms with Crippen LogP contribution in [0.25, 0.3) is 0 Å². The summed E-state index contributed by atoms with van der Waals surface area (Å²) in [5.74, 6) is -1.05. The predicted octanol–water partition coefficient (Wildman–Crippen LogP) is 4.24. The molecule has 1 N–H and O–H groups in total. The van der Waals surface area contributed by atoms with Crippen molar-refractivity contribution in [3.63, 3.8) is 0 Å². The van der Waals surface area contributed by atoms with Gasteiger partial charge in [-0.3, -0.25) is 4.79 Å². The molecule has 0 saturated carbocycles. The zero-order chi connectivity index (χ0) is 22.3. The number of halogens is 4. The van der Waals surface area contributed by atoms with E-state index in [1.54, 1.807) is 18.2 Å². The molecule has 4 nitrogen and oxygen atoms in total. The Hall–Kier alpha value is -2.77. The average Bonchev–Trinajstić information content (AvgIpc) is 2.71. The van der Waals surface area contributed by atoms with Crippen LogP contribution in [-0.4, -0.2) is 37.6 Å². The minimum atomic E-state index is -4.44. The monoisotopic (exact) mass is 435 g/mol. The van der Waals surface area contributed by atoms with Crippen molar-refractivity contribution >= 4 is 17.3 Å². The van der Waals surface area contributed by atoms with Crippen molar-refractivity contribution < 1.29 is 22.4 Å². The maximum Gasteiger partial charge on any atom is 0.416 e. The van der Waals surface area contributed by atoms with Crippen LogP contribution in [0.3, 0.4) is 0 Å². The van der Waals surface area contributed by atoms with Gasteiger partial charge >= 0.3 is 6.18 Å². The van der Waals surface area contributed by atoms with E-state index in [1.165, 1.54) is 12.1 Å². The highest BCUT2D eigenvalue weighted by Gasteiger charge is 2.43. The minimum absolute atomic E-state index is 0.0879. The highest BCUT2D eigenvalue weighted by atomic mass is 19.4. The summed E-state index contributed by atoms with van der Waals surface area (Å²) >= 11 is 0. The summed E-state index contributed by atoms with van der Waals surface area (Å²) in [6.45, 7) is 5.11. The van der Waals surface area contributed by atoms with Gasteiger partial charge in [-0.15, -0.1) is 0 Å². The summed E-state index contributed by atoms with van der Waals surface area (Å²) in [7, 11) is 0. The average molecular weight is 435 g/mol. The van der Waals surface area contributed by atoms with Crippen LogP contribution in [0, 0.1) is 11.7 Å². The lowest BCUT2D eigenvalue weighted by Crippen LogP contribution is -2.61. The molecule has 1 fully saturated rings. The van der Waals surface area contributed by atoms with Gasteiger partial charge < -0.3 is 15.1 Å². The van der Waals surface area contributed by atoms with Crippen LogP contribution >= 0.6 is 0 Å². The van der Waals surface area contributed by atoms with Crippen LogP contribution in [-0.2, 0) is 17.4 Å². The Morgan fingerprint density at radius 1 is 1.10 bits per heavy atom. The number of rotatable bonds is 3. The molecule has 2 aromatic rings. The molecule has 2 aliphatic rings. The Balaban J connectivity index is 1.70. The van der Waals surface area contributed by atoms with Crippen LogP contribution < -0.4 is 15.1 Å². The number of carbonyl (C=O) groups excluding carboxylic acids is 1. The standard InChI is InChI=1S/C23H25F4N3O/c1-14(2)28-22(31)17-12-15-11-16(23(25,26)27)7-8-19(15)30-10-9-29(13-21(17)30)20-6-4-3-5-18(20)24/h3-8,11,14,17,21H,9-10,12-13H2,1-2H3,(H,28,31). The molecule has 0 radical (unpaired) electrons. The van der Waals surface area contributed by atoms with Crippen molar-refractivity contribution in [3.8, 4) is 0 Å². The van der Waals surface area contributed by atoms with Gasteiger partial charge in [-0.05, 0) is 56.2 Å². The number of nitrogens with one attached hydrogen (secondary N) is 1. The van der Waals surface area contributed by atoms with E-state index in [9.17, 15) is 22.4 Å². The fraction of sp³-hybridized carbons (Fsp3) is 0.435. The smallest absolute Gasteiger partial charge is 0.365 e. The molecule has 0 spiro atoms. The van der Waals surface area contributed by atoms with E-state index in [0.29, 0.717) is 30.9 Å². The fourth-order valence-corrected chi connectivity index (χ4v) is 4.62. The van der Waals surface area contributed by atoms with E-state index in [2.05, 4.69) is 5.32 Å². The highest BCUT2D eigenvalue weighted by molar-refractivity contribution is 5.82. The lowest BCUT2D eigenvalue weighted by Gasteiger charge is -2.49. The van der Waals surface area contributed by atoms with Gasteiger partial charge in [-0.1, -0.05) is 12.1 Å². The zero-order valence-electron chi connectivity index (χ0n) is 17.4. The zero-order valence-corrected chi connectivity index (χ0v) is 17.4. The third-order valence-corrected chi connectivity index (χ3v) is 6.00. The molecule has 8 heteroatoms. The van der Waals surface area contributed by atoms with E-state index >= 15 is 0 Å². The van der Waals surface area contributed by atoms with Crippen molar-refractivity contribution in [1.29, 1.82) is 0 Å². The van der Waals surface area contributed by atoms with Gasteiger partial charge in [0.15, 0.2) is 0 Å². The molecule has 31 heavy (non-hydrogen) atoms. The first kappa shape index (κ1) is 21.5. The molecule has 1 amide bonds. The second kappa shape index (κ2) is 8.05. The van der Waals surface area contributed by atoms with Gasteiger partial charge in [-0.2, -0.15) is 13.2 Å². The molecule has 2 atom stereocenters. The number of hydrogen-bond donors (Lipinski definition) is 1. The summed E-state index contributed by atoms with van der Waals surface area (Å²) in [4.78, 5) is 16.9.